The van der Waals surface area contributed by atoms with Crippen molar-refractivity contribution in [3.63, 3.8) is 0 Å². The first-order valence-electron chi connectivity index (χ1n) is 15.0. The highest BCUT2D eigenvalue weighted by atomic mass is 16.3. The third-order valence-electron chi connectivity index (χ3n) is 6.37. The van der Waals surface area contributed by atoms with Crippen LogP contribution in [0, 0.1) is 0 Å². The third kappa shape index (κ3) is 23.2. The summed E-state index contributed by atoms with van der Waals surface area (Å²) in [5.74, 6) is -0.535. The lowest BCUT2D eigenvalue weighted by atomic mass is 10.1. The Bertz CT molecular complexity index is 626. The maximum Gasteiger partial charge on any atom is 0.249 e. The van der Waals surface area contributed by atoms with Crippen molar-refractivity contribution in [2.75, 3.05) is 6.61 Å². The van der Waals surface area contributed by atoms with Gasteiger partial charge in [-0.2, -0.15) is 0 Å². The molecule has 0 rings (SSSR count). The smallest absolute Gasteiger partial charge is 0.249 e. The summed E-state index contributed by atoms with van der Waals surface area (Å²) in [6.45, 7) is 4.03. The van der Waals surface area contributed by atoms with Crippen LogP contribution in [0.15, 0.2) is 48.6 Å². The standard InChI is InChI=1S/C32H57NO4/c1-3-5-7-9-11-13-15-16-17-19-20-22-24-26-30(35)29(28-34)33-32(37)31(36)27-25-23-21-18-14-12-10-8-6-4-2/h10-13,17,19,24,26,29-31,34-36H,3-9,14-16,18,20-23,25,27-28H2,1-2H3,(H,33,37)/b12-10-,13-11+,19-17+,26-24+. The molecular formula is C32H57NO4. The van der Waals surface area contributed by atoms with E-state index in [2.05, 4.69) is 55.6 Å². The normalized spacial score (nSPS) is 14.8. The highest BCUT2D eigenvalue weighted by molar-refractivity contribution is 5.80. The predicted molar refractivity (Wildman–Crippen MR) is 157 cm³/mol. The molecule has 5 nitrogen and oxygen atoms in total. The Morgan fingerprint density at radius 3 is 1.70 bits per heavy atom. The lowest BCUT2D eigenvalue weighted by Crippen LogP contribution is -2.48. The number of amides is 1. The largest absolute Gasteiger partial charge is 0.394 e. The van der Waals surface area contributed by atoms with Gasteiger partial charge in [-0.15, -0.1) is 0 Å². The number of allylic oxidation sites excluding steroid dienone is 7. The summed E-state index contributed by atoms with van der Waals surface area (Å²) in [5, 5.41) is 32.6. The molecule has 3 unspecified atom stereocenters. The maximum atomic E-state index is 12.3. The Morgan fingerprint density at radius 2 is 1.14 bits per heavy atom. The average molecular weight is 520 g/mol. The molecule has 0 heterocycles. The van der Waals surface area contributed by atoms with Gasteiger partial charge in [-0.05, 0) is 64.2 Å². The first-order chi connectivity index (χ1) is 18.1. The Balaban J connectivity index is 3.98. The van der Waals surface area contributed by atoms with Gasteiger partial charge in [-0.3, -0.25) is 4.79 Å². The van der Waals surface area contributed by atoms with Gasteiger partial charge >= 0.3 is 0 Å². The van der Waals surface area contributed by atoms with Crippen molar-refractivity contribution in [2.24, 2.45) is 0 Å². The Morgan fingerprint density at radius 1 is 0.649 bits per heavy atom. The molecule has 0 saturated heterocycles. The molecule has 0 aromatic heterocycles. The second-order valence-electron chi connectivity index (χ2n) is 9.93. The lowest BCUT2D eigenvalue weighted by Gasteiger charge is -2.21. The first kappa shape index (κ1) is 35.3. The van der Waals surface area contributed by atoms with Gasteiger partial charge in [0.05, 0.1) is 18.8 Å². The van der Waals surface area contributed by atoms with Crippen molar-refractivity contribution in [1.82, 2.24) is 5.32 Å². The molecule has 4 N–H and O–H groups in total. The van der Waals surface area contributed by atoms with E-state index in [0.717, 1.165) is 64.2 Å². The van der Waals surface area contributed by atoms with E-state index in [1.807, 2.05) is 6.08 Å². The average Bonchev–Trinajstić information content (AvgIpc) is 2.90. The monoisotopic (exact) mass is 519 g/mol. The van der Waals surface area contributed by atoms with Crippen molar-refractivity contribution in [2.45, 2.75) is 141 Å². The van der Waals surface area contributed by atoms with E-state index >= 15 is 0 Å². The number of carbonyl (C=O) groups excluding carboxylic acids is 1. The SMILES string of the molecule is CCCC/C=C\CCCCCCC(O)C(=O)NC(CO)C(O)/C=C/CC/C=C/CC/C=C/CCCCC. The van der Waals surface area contributed by atoms with E-state index in [-0.39, 0.29) is 6.61 Å². The maximum absolute atomic E-state index is 12.3. The Hall–Kier alpha value is -1.69. The van der Waals surface area contributed by atoms with E-state index < -0.39 is 24.2 Å². The van der Waals surface area contributed by atoms with E-state index in [1.165, 1.54) is 38.5 Å². The topological polar surface area (TPSA) is 89.8 Å². The van der Waals surface area contributed by atoms with Crippen LogP contribution in [-0.2, 0) is 4.79 Å². The highest BCUT2D eigenvalue weighted by Gasteiger charge is 2.22. The van der Waals surface area contributed by atoms with Crippen molar-refractivity contribution >= 4 is 5.91 Å². The van der Waals surface area contributed by atoms with E-state index in [4.69, 9.17) is 0 Å². The van der Waals surface area contributed by atoms with Crippen LogP contribution >= 0.6 is 0 Å². The fraction of sp³-hybridized carbons (Fsp3) is 0.719. The summed E-state index contributed by atoms with van der Waals surface area (Å²) in [4.78, 5) is 12.3. The number of carbonyl (C=O) groups is 1. The van der Waals surface area contributed by atoms with E-state index in [9.17, 15) is 20.1 Å². The number of aliphatic hydroxyl groups is 3. The van der Waals surface area contributed by atoms with Gasteiger partial charge in [0.15, 0.2) is 0 Å². The van der Waals surface area contributed by atoms with Crippen LogP contribution < -0.4 is 5.32 Å². The van der Waals surface area contributed by atoms with Crippen LogP contribution in [0.5, 0.6) is 0 Å². The van der Waals surface area contributed by atoms with Crippen LogP contribution in [0.2, 0.25) is 0 Å². The highest BCUT2D eigenvalue weighted by Crippen LogP contribution is 2.10. The molecule has 0 aliphatic heterocycles. The molecule has 0 radical (unpaired) electrons. The summed E-state index contributed by atoms with van der Waals surface area (Å²) in [6.07, 6.45) is 32.6. The summed E-state index contributed by atoms with van der Waals surface area (Å²) in [5.41, 5.74) is 0. The summed E-state index contributed by atoms with van der Waals surface area (Å²) < 4.78 is 0. The molecular weight excluding hydrogens is 462 g/mol. The zero-order valence-corrected chi connectivity index (χ0v) is 23.8. The first-order valence-corrected chi connectivity index (χ1v) is 15.0. The number of hydrogen-bond donors (Lipinski definition) is 4. The lowest BCUT2D eigenvalue weighted by molar-refractivity contribution is -0.131. The van der Waals surface area contributed by atoms with Gasteiger partial charge in [0, 0.05) is 0 Å². The fourth-order valence-electron chi connectivity index (χ4n) is 3.90. The molecule has 0 aromatic rings. The third-order valence-corrected chi connectivity index (χ3v) is 6.37. The number of nitrogens with one attached hydrogen (secondary N) is 1. The van der Waals surface area contributed by atoms with E-state index in [0.29, 0.717) is 6.42 Å². The number of rotatable bonds is 25. The molecule has 3 atom stereocenters. The van der Waals surface area contributed by atoms with Crippen molar-refractivity contribution in [3.05, 3.63) is 48.6 Å². The molecule has 0 bridgehead atoms. The van der Waals surface area contributed by atoms with Gasteiger partial charge in [-0.1, -0.05) is 107 Å². The summed E-state index contributed by atoms with van der Waals surface area (Å²) >= 11 is 0. The van der Waals surface area contributed by atoms with Crippen LogP contribution in [-0.4, -0.2) is 46.1 Å². The van der Waals surface area contributed by atoms with Gasteiger partial charge < -0.3 is 20.6 Å². The molecule has 0 fully saturated rings. The van der Waals surface area contributed by atoms with Gasteiger partial charge in [-0.25, -0.2) is 0 Å². The van der Waals surface area contributed by atoms with Crippen LogP contribution in [0.1, 0.15) is 123 Å². The number of unbranched alkanes of at least 4 members (excludes halogenated alkanes) is 11. The van der Waals surface area contributed by atoms with Crippen LogP contribution in [0.25, 0.3) is 0 Å². The number of aliphatic hydroxyl groups excluding tert-OH is 3. The van der Waals surface area contributed by atoms with Crippen molar-refractivity contribution in [1.29, 1.82) is 0 Å². The van der Waals surface area contributed by atoms with Crippen molar-refractivity contribution < 1.29 is 20.1 Å². The van der Waals surface area contributed by atoms with Crippen LogP contribution in [0.4, 0.5) is 0 Å². The van der Waals surface area contributed by atoms with Gasteiger partial charge in [0.2, 0.25) is 5.91 Å². The molecule has 0 aliphatic carbocycles. The fourth-order valence-corrected chi connectivity index (χ4v) is 3.90. The molecule has 5 heteroatoms. The Labute approximate surface area is 227 Å². The summed E-state index contributed by atoms with van der Waals surface area (Å²) in [6, 6.07) is -0.822. The molecule has 0 spiro atoms. The predicted octanol–water partition coefficient (Wildman–Crippen LogP) is 7.08. The minimum absolute atomic E-state index is 0.387. The van der Waals surface area contributed by atoms with Gasteiger partial charge in [0.1, 0.15) is 6.10 Å². The molecule has 37 heavy (non-hydrogen) atoms. The Kier molecular flexibility index (Phi) is 26.1. The van der Waals surface area contributed by atoms with Crippen LogP contribution in [0.3, 0.4) is 0 Å². The molecule has 0 aliphatic rings. The quantitative estimate of drug-likeness (QED) is 0.0766. The minimum atomic E-state index is -1.12. The van der Waals surface area contributed by atoms with E-state index in [1.54, 1.807) is 6.08 Å². The molecule has 0 saturated carbocycles. The molecule has 1 amide bonds. The summed E-state index contributed by atoms with van der Waals surface area (Å²) in [7, 11) is 0. The molecule has 214 valence electrons. The number of hydrogen-bond acceptors (Lipinski definition) is 4. The zero-order chi connectivity index (χ0) is 27.4. The van der Waals surface area contributed by atoms with Crippen molar-refractivity contribution in [3.8, 4) is 0 Å². The second kappa shape index (κ2) is 27.3. The second-order valence-corrected chi connectivity index (χ2v) is 9.93. The molecule has 0 aromatic carbocycles. The zero-order valence-electron chi connectivity index (χ0n) is 23.8. The van der Waals surface area contributed by atoms with Gasteiger partial charge in [0.25, 0.3) is 0 Å². The minimum Gasteiger partial charge on any atom is -0.394 e.